The molecule has 0 fully saturated rings. The summed E-state index contributed by atoms with van der Waals surface area (Å²) in [5.74, 6) is 0.917. The predicted molar refractivity (Wildman–Crippen MR) is 75.7 cm³/mol. The van der Waals surface area contributed by atoms with Gasteiger partial charge in [0.1, 0.15) is 6.07 Å². The zero-order valence-corrected chi connectivity index (χ0v) is 12.2. The Morgan fingerprint density at radius 1 is 1.47 bits per heavy atom. The molecule has 0 saturated carbocycles. The first-order valence-electron chi connectivity index (χ1n) is 6.20. The summed E-state index contributed by atoms with van der Waals surface area (Å²) in [5.41, 5.74) is 6.92. The molecule has 0 aliphatic carbocycles. The van der Waals surface area contributed by atoms with Crippen LogP contribution in [0.25, 0.3) is 0 Å². The van der Waals surface area contributed by atoms with Crippen molar-refractivity contribution in [1.29, 1.82) is 5.26 Å². The van der Waals surface area contributed by atoms with E-state index in [1.54, 1.807) is 20.1 Å². The molecule has 2 unspecified atom stereocenters. The molecular formula is C14H19ClN2O2. The van der Waals surface area contributed by atoms with Gasteiger partial charge in [-0.25, -0.2) is 0 Å². The third kappa shape index (κ3) is 4.30. The topological polar surface area (TPSA) is 68.3 Å². The molecule has 0 amide bonds. The number of nitrogens with two attached hydrogens (primary N) is 1. The molecule has 4 nitrogen and oxygen atoms in total. The molecule has 1 rings (SSSR count). The molecule has 0 saturated heterocycles. The van der Waals surface area contributed by atoms with Crippen LogP contribution < -0.4 is 15.2 Å². The van der Waals surface area contributed by atoms with Gasteiger partial charge in [0.25, 0.3) is 0 Å². The van der Waals surface area contributed by atoms with Gasteiger partial charge in [0.2, 0.25) is 0 Å². The van der Waals surface area contributed by atoms with Gasteiger partial charge < -0.3 is 15.2 Å². The van der Waals surface area contributed by atoms with Gasteiger partial charge in [-0.2, -0.15) is 5.26 Å². The van der Waals surface area contributed by atoms with Gasteiger partial charge >= 0.3 is 0 Å². The first kappa shape index (κ1) is 15.6. The summed E-state index contributed by atoms with van der Waals surface area (Å²) in [6.45, 7) is 3.69. The van der Waals surface area contributed by atoms with Gasteiger partial charge in [0, 0.05) is 6.04 Å². The maximum absolute atomic E-state index is 8.78. The molecule has 0 spiro atoms. The minimum absolute atomic E-state index is 0.0885. The summed E-state index contributed by atoms with van der Waals surface area (Å²) >= 11 is 6.19. The van der Waals surface area contributed by atoms with Crippen LogP contribution in [-0.4, -0.2) is 19.3 Å². The summed E-state index contributed by atoms with van der Waals surface area (Å²) in [5, 5.41) is 9.21. The smallest absolute Gasteiger partial charge is 0.182 e. The van der Waals surface area contributed by atoms with Crippen LogP contribution in [-0.2, 0) is 6.42 Å². The van der Waals surface area contributed by atoms with E-state index in [9.17, 15) is 0 Å². The Morgan fingerprint density at radius 2 is 2.16 bits per heavy atom. The van der Waals surface area contributed by atoms with Gasteiger partial charge in [-0.3, -0.25) is 0 Å². The van der Waals surface area contributed by atoms with E-state index >= 15 is 0 Å². The molecule has 5 heteroatoms. The SMILES string of the molecule is CCC(N)Cc1cc(Cl)c(OC(C)C#N)c(OC)c1. The standard InChI is InChI=1S/C14H19ClN2O2/c1-4-11(17)5-10-6-12(15)14(13(7-10)18-3)19-9(2)8-16/h6-7,9,11H,4-5,17H2,1-3H3. The average molecular weight is 283 g/mol. The fraction of sp³-hybridized carbons (Fsp3) is 0.500. The Labute approximate surface area is 119 Å². The second kappa shape index (κ2) is 7.22. The van der Waals surface area contributed by atoms with E-state index in [1.807, 2.05) is 19.1 Å². The number of methoxy groups -OCH3 is 1. The summed E-state index contributed by atoms with van der Waals surface area (Å²) in [7, 11) is 1.54. The third-order valence-electron chi connectivity index (χ3n) is 2.79. The molecule has 0 aliphatic rings. The highest BCUT2D eigenvalue weighted by Crippen LogP contribution is 2.37. The second-order valence-corrected chi connectivity index (χ2v) is 4.78. The van der Waals surface area contributed by atoms with E-state index in [0.717, 1.165) is 18.4 Å². The number of hydrogen-bond donors (Lipinski definition) is 1. The first-order chi connectivity index (χ1) is 9.01. The monoisotopic (exact) mass is 282 g/mol. The zero-order chi connectivity index (χ0) is 14.4. The van der Waals surface area contributed by atoms with Crippen molar-refractivity contribution in [1.82, 2.24) is 0 Å². The Morgan fingerprint density at radius 3 is 2.68 bits per heavy atom. The summed E-state index contributed by atoms with van der Waals surface area (Å²) < 4.78 is 10.7. The molecule has 1 aromatic carbocycles. The van der Waals surface area contributed by atoms with Crippen LogP contribution >= 0.6 is 11.6 Å². The lowest BCUT2D eigenvalue weighted by molar-refractivity contribution is 0.260. The Hall–Kier alpha value is -1.44. The number of ether oxygens (including phenoxy) is 2. The van der Waals surface area contributed by atoms with Crippen molar-refractivity contribution in [3.05, 3.63) is 22.7 Å². The number of nitrogens with zero attached hydrogens (tertiary/aromatic N) is 1. The van der Waals surface area contributed by atoms with Gasteiger partial charge in [-0.15, -0.1) is 0 Å². The zero-order valence-electron chi connectivity index (χ0n) is 11.4. The van der Waals surface area contributed by atoms with Crippen LogP contribution in [0.3, 0.4) is 0 Å². The Balaban J connectivity index is 3.04. The van der Waals surface area contributed by atoms with E-state index in [-0.39, 0.29) is 6.04 Å². The largest absolute Gasteiger partial charge is 0.493 e. The molecule has 0 radical (unpaired) electrons. The van der Waals surface area contributed by atoms with E-state index in [4.69, 9.17) is 32.1 Å². The van der Waals surface area contributed by atoms with Crippen LogP contribution in [0, 0.1) is 11.3 Å². The van der Waals surface area contributed by atoms with Crippen LogP contribution in [0.15, 0.2) is 12.1 Å². The van der Waals surface area contributed by atoms with Crippen molar-refractivity contribution < 1.29 is 9.47 Å². The molecule has 0 aliphatic heterocycles. The van der Waals surface area contributed by atoms with Crippen molar-refractivity contribution >= 4 is 11.6 Å². The number of rotatable bonds is 6. The molecular weight excluding hydrogens is 264 g/mol. The highest BCUT2D eigenvalue weighted by Gasteiger charge is 2.15. The second-order valence-electron chi connectivity index (χ2n) is 4.37. The van der Waals surface area contributed by atoms with Crippen LogP contribution in [0.2, 0.25) is 5.02 Å². The number of benzene rings is 1. The van der Waals surface area contributed by atoms with Crippen molar-refractivity contribution in [3.63, 3.8) is 0 Å². The fourth-order valence-electron chi connectivity index (χ4n) is 1.66. The van der Waals surface area contributed by atoms with Crippen LogP contribution in [0.1, 0.15) is 25.8 Å². The van der Waals surface area contributed by atoms with Gasteiger partial charge in [0.05, 0.1) is 12.1 Å². The van der Waals surface area contributed by atoms with E-state index in [0.29, 0.717) is 16.5 Å². The molecule has 2 N–H and O–H groups in total. The van der Waals surface area contributed by atoms with Crippen molar-refractivity contribution in [2.45, 2.75) is 38.8 Å². The highest BCUT2D eigenvalue weighted by atomic mass is 35.5. The summed E-state index contributed by atoms with van der Waals surface area (Å²) in [4.78, 5) is 0. The maximum Gasteiger partial charge on any atom is 0.182 e. The van der Waals surface area contributed by atoms with Gasteiger partial charge in [-0.05, 0) is 37.5 Å². The van der Waals surface area contributed by atoms with Crippen molar-refractivity contribution in [2.75, 3.05) is 7.11 Å². The predicted octanol–water partition coefficient (Wildman–Crippen LogP) is 2.92. The lowest BCUT2D eigenvalue weighted by Gasteiger charge is -2.16. The molecule has 1 aromatic rings. The Bertz CT molecular complexity index is 471. The molecule has 0 aromatic heterocycles. The highest BCUT2D eigenvalue weighted by molar-refractivity contribution is 6.32. The lowest BCUT2D eigenvalue weighted by Crippen LogP contribution is -2.21. The number of nitriles is 1. The van der Waals surface area contributed by atoms with Gasteiger partial charge in [0.15, 0.2) is 17.6 Å². The molecule has 2 atom stereocenters. The number of halogens is 1. The molecule has 0 bridgehead atoms. The molecule has 19 heavy (non-hydrogen) atoms. The molecule has 0 heterocycles. The quantitative estimate of drug-likeness (QED) is 0.871. The van der Waals surface area contributed by atoms with Crippen LogP contribution in [0.4, 0.5) is 0 Å². The lowest BCUT2D eigenvalue weighted by atomic mass is 10.0. The molecule has 104 valence electrons. The van der Waals surface area contributed by atoms with E-state index < -0.39 is 6.10 Å². The maximum atomic E-state index is 8.78. The fourth-order valence-corrected chi connectivity index (χ4v) is 1.93. The van der Waals surface area contributed by atoms with Crippen LogP contribution in [0.5, 0.6) is 11.5 Å². The van der Waals surface area contributed by atoms with Crippen molar-refractivity contribution in [2.24, 2.45) is 5.73 Å². The normalized spacial score (nSPS) is 13.5. The van der Waals surface area contributed by atoms with Crippen molar-refractivity contribution in [3.8, 4) is 17.6 Å². The summed E-state index contributed by atoms with van der Waals surface area (Å²) in [6, 6.07) is 5.73. The summed E-state index contributed by atoms with van der Waals surface area (Å²) in [6.07, 6.45) is 1.03. The minimum Gasteiger partial charge on any atom is -0.493 e. The first-order valence-corrected chi connectivity index (χ1v) is 6.57. The third-order valence-corrected chi connectivity index (χ3v) is 3.07. The van der Waals surface area contributed by atoms with E-state index in [2.05, 4.69) is 0 Å². The Kier molecular flexibility index (Phi) is 5.94. The van der Waals surface area contributed by atoms with Gasteiger partial charge in [-0.1, -0.05) is 18.5 Å². The minimum atomic E-state index is -0.588. The van der Waals surface area contributed by atoms with E-state index in [1.165, 1.54) is 0 Å². The number of hydrogen-bond acceptors (Lipinski definition) is 4. The average Bonchev–Trinajstić information content (AvgIpc) is 2.40.